The maximum atomic E-state index is 14.0. The first kappa shape index (κ1) is 16.5. The van der Waals surface area contributed by atoms with Gasteiger partial charge in [-0.3, -0.25) is 0 Å². The Balaban J connectivity index is 1.63. The Bertz CT molecular complexity index is 1070. The van der Waals surface area contributed by atoms with Crippen molar-refractivity contribution in [3.63, 3.8) is 0 Å². The minimum atomic E-state index is -0.381. The fraction of sp³-hybridized carbons (Fsp3) is 0.111. The summed E-state index contributed by atoms with van der Waals surface area (Å²) in [6.07, 6.45) is 1.56. The van der Waals surface area contributed by atoms with Crippen LogP contribution in [0.1, 0.15) is 11.1 Å². The molecule has 0 bridgehead atoms. The van der Waals surface area contributed by atoms with Crippen LogP contribution in [-0.4, -0.2) is 30.0 Å². The summed E-state index contributed by atoms with van der Waals surface area (Å²) in [6.45, 7) is 2.55. The molecule has 0 unspecified atom stereocenters. The van der Waals surface area contributed by atoms with Gasteiger partial charge in [0.1, 0.15) is 16.5 Å². The van der Waals surface area contributed by atoms with Crippen molar-refractivity contribution >= 4 is 12.6 Å². The Morgan fingerprint density at radius 3 is 2.77 bits per heavy atom. The molecule has 26 heavy (non-hydrogen) atoms. The first-order valence-corrected chi connectivity index (χ1v) is 8.42. The number of hydrogen-bond acceptors (Lipinski definition) is 5. The van der Waals surface area contributed by atoms with Gasteiger partial charge in [0.05, 0.1) is 18.3 Å². The van der Waals surface area contributed by atoms with E-state index in [9.17, 15) is 4.39 Å². The van der Waals surface area contributed by atoms with Crippen LogP contribution in [0.25, 0.3) is 17.1 Å². The normalized spacial score (nSPS) is 11.0. The standard InChI is InChI=1S/C18H15FN6S/c1-12-5-4-6-13(9-12)11-24-22-17(21-23-24)14-10-20-25(18(14)26)16-8-3-2-7-15(16)19/h2-10,26H,11H2,1H3. The average molecular weight is 366 g/mol. The monoisotopic (exact) mass is 366 g/mol. The van der Waals surface area contributed by atoms with Crippen molar-refractivity contribution in [2.24, 2.45) is 0 Å². The second kappa shape index (κ2) is 6.72. The number of hydrogen-bond donors (Lipinski definition) is 1. The van der Waals surface area contributed by atoms with Crippen LogP contribution < -0.4 is 0 Å². The Morgan fingerprint density at radius 2 is 1.96 bits per heavy atom. The highest BCUT2D eigenvalue weighted by atomic mass is 32.1. The Kier molecular flexibility index (Phi) is 4.26. The van der Waals surface area contributed by atoms with Gasteiger partial charge in [-0.15, -0.1) is 22.8 Å². The summed E-state index contributed by atoms with van der Waals surface area (Å²) in [6, 6.07) is 14.5. The second-order valence-corrected chi connectivity index (χ2v) is 6.30. The first-order chi connectivity index (χ1) is 12.6. The second-order valence-electron chi connectivity index (χ2n) is 5.88. The van der Waals surface area contributed by atoms with E-state index in [1.807, 2.05) is 25.1 Å². The summed E-state index contributed by atoms with van der Waals surface area (Å²) in [5.41, 5.74) is 3.16. The molecule has 0 saturated carbocycles. The third kappa shape index (κ3) is 3.11. The highest BCUT2D eigenvalue weighted by Gasteiger charge is 2.17. The van der Waals surface area contributed by atoms with Gasteiger partial charge in [-0.2, -0.15) is 9.90 Å². The maximum absolute atomic E-state index is 14.0. The topological polar surface area (TPSA) is 61.4 Å². The zero-order valence-electron chi connectivity index (χ0n) is 13.9. The van der Waals surface area contributed by atoms with E-state index >= 15 is 0 Å². The number of aromatic nitrogens is 6. The number of halogens is 1. The lowest BCUT2D eigenvalue weighted by Gasteiger charge is -2.04. The molecule has 130 valence electrons. The largest absolute Gasteiger partial charge is 0.224 e. The highest BCUT2D eigenvalue weighted by Crippen LogP contribution is 2.26. The third-order valence-electron chi connectivity index (χ3n) is 3.92. The molecule has 4 aromatic rings. The lowest BCUT2D eigenvalue weighted by atomic mass is 10.1. The molecule has 6 nitrogen and oxygen atoms in total. The summed E-state index contributed by atoms with van der Waals surface area (Å²) in [7, 11) is 0. The molecule has 0 amide bonds. The van der Waals surface area contributed by atoms with Crippen LogP contribution in [0, 0.1) is 12.7 Å². The molecule has 0 fully saturated rings. The van der Waals surface area contributed by atoms with Crippen LogP contribution in [0.4, 0.5) is 4.39 Å². The average Bonchev–Trinajstić information content (AvgIpc) is 3.22. The van der Waals surface area contributed by atoms with Crippen molar-refractivity contribution in [2.45, 2.75) is 18.5 Å². The quantitative estimate of drug-likeness (QED) is 0.563. The van der Waals surface area contributed by atoms with Gasteiger partial charge in [0.15, 0.2) is 0 Å². The SMILES string of the molecule is Cc1cccc(Cn2nnc(-c3cnn(-c4ccccc4F)c3S)n2)c1. The Hall–Kier alpha value is -3.00. The molecule has 2 heterocycles. The molecule has 0 spiro atoms. The van der Waals surface area contributed by atoms with Crippen molar-refractivity contribution in [1.29, 1.82) is 0 Å². The van der Waals surface area contributed by atoms with Gasteiger partial charge in [-0.25, -0.2) is 9.07 Å². The third-order valence-corrected chi connectivity index (χ3v) is 4.36. The minimum absolute atomic E-state index is 0.316. The smallest absolute Gasteiger partial charge is 0.209 e. The van der Waals surface area contributed by atoms with E-state index in [0.717, 1.165) is 5.56 Å². The van der Waals surface area contributed by atoms with Crippen LogP contribution in [0.15, 0.2) is 59.8 Å². The highest BCUT2D eigenvalue weighted by molar-refractivity contribution is 7.80. The van der Waals surface area contributed by atoms with Crippen LogP contribution in [-0.2, 0) is 6.54 Å². The van der Waals surface area contributed by atoms with Gasteiger partial charge in [0.2, 0.25) is 5.82 Å². The summed E-state index contributed by atoms with van der Waals surface area (Å²) < 4.78 is 15.4. The van der Waals surface area contributed by atoms with Gasteiger partial charge in [0.25, 0.3) is 0 Å². The van der Waals surface area contributed by atoms with E-state index in [1.54, 1.807) is 24.4 Å². The van der Waals surface area contributed by atoms with Gasteiger partial charge in [-0.05, 0) is 29.8 Å². The fourth-order valence-corrected chi connectivity index (χ4v) is 3.01. The number of thiol groups is 1. The van der Waals surface area contributed by atoms with Crippen molar-refractivity contribution < 1.29 is 4.39 Å². The molecule has 0 aliphatic carbocycles. The number of nitrogens with zero attached hydrogens (tertiary/aromatic N) is 6. The zero-order chi connectivity index (χ0) is 18.1. The predicted molar refractivity (Wildman–Crippen MR) is 97.9 cm³/mol. The van der Waals surface area contributed by atoms with Crippen LogP contribution in [0.3, 0.4) is 0 Å². The first-order valence-electron chi connectivity index (χ1n) is 7.97. The predicted octanol–water partition coefficient (Wildman–Crippen LogP) is 3.31. The minimum Gasteiger partial charge on any atom is -0.224 e. The maximum Gasteiger partial charge on any atom is 0.209 e. The van der Waals surface area contributed by atoms with E-state index in [4.69, 9.17) is 0 Å². The number of benzene rings is 2. The molecular weight excluding hydrogens is 351 g/mol. The molecule has 2 aromatic heterocycles. The lowest BCUT2D eigenvalue weighted by Crippen LogP contribution is -2.04. The van der Waals surface area contributed by atoms with Crippen LogP contribution >= 0.6 is 12.6 Å². The molecule has 2 aromatic carbocycles. The molecule has 0 N–H and O–H groups in total. The Morgan fingerprint density at radius 1 is 1.12 bits per heavy atom. The number of para-hydroxylation sites is 1. The molecular formula is C18H15FN6S. The fourth-order valence-electron chi connectivity index (χ4n) is 2.69. The van der Waals surface area contributed by atoms with E-state index in [-0.39, 0.29) is 5.82 Å². The zero-order valence-corrected chi connectivity index (χ0v) is 14.8. The van der Waals surface area contributed by atoms with Crippen LogP contribution in [0.2, 0.25) is 0 Å². The van der Waals surface area contributed by atoms with E-state index in [0.29, 0.717) is 28.6 Å². The molecule has 0 aliphatic rings. The number of aryl methyl sites for hydroxylation is 1. The van der Waals surface area contributed by atoms with Crippen LogP contribution in [0.5, 0.6) is 0 Å². The van der Waals surface area contributed by atoms with Crippen molar-refractivity contribution in [1.82, 2.24) is 30.0 Å². The molecule has 0 atom stereocenters. The summed E-state index contributed by atoms with van der Waals surface area (Å²) in [5.74, 6) is 0.0127. The van der Waals surface area contributed by atoms with Gasteiger partial charge >= 0.3 is 0 Å². The van der Waals surface area contributed by atoms with E-state index in [1.165, 1.54) is 21.1 Å². The molecule has 4 rings (SSSR count). The van der Waals surface area contributed by atoms with Crippen molar-refractivity contribution in [2.75, 3.05) is 0 Å². The summed E-state index contributed by atoms with van der Waals surface area (Å²) >= 11 is 4.47. The molecule has 0 aliphatic heterocycles. The number of tetrazole rings is 1. The van der Waals surface area contributed by atoms with Gasteiger partial charge in [0, 0.05) is 0 Å². The van der Waals surface area contributed by atoms with Gasteiger partial charge < -0.3 is 0 Å². The Labute approximate surface area is 154 Å². The number of rotatable bonds is 4. The molecule has 0 radical (unpaired) electrons. The summed E-state index contributed by atoms with van der Waals surface area (Å²) in [5, 5.41) is 17.2. The summed E-state index contributed by atoms with van der Waals surface area (Å²) in [4.78, 5) is 1.51. The molecule has 8 heteroatoms. The van der Waals surface area contributed by atoms with E-state index in [2.05, 4.69) is 39.2 Å². The molecule has 0 saturated heterocycles. The lowest BCUT2D eigenvalue weighted by molar-refractivity contribution is 0.572. The van der Waals surface area contributed by atoms with E-state index < -0.39 is 0 Å². The van der Waals surface area contributed by atoms with Gasteiger partial charge in [-0.1, -0.05) is 42.0 Å². The van der Waals surface area contributed by atoms with Crippen molar-refractivity contribution in [3.8, 4) is 17.1 Å². The van der Waals surface area contributed by atoms with Crippen molar-refractivity contribution in [3.05, 3.63) is 71.7 Å².